The predicted molar refractivity (Wildman–Crippen MR) is 103 cm³/mol. The Kier molecular flexibility index (Phi) is 6.65. The van der Waals surface area contributed by atoms with Crippen LogP contribution >= 0.6 is 11.6 Å². The summed E-state index contributed by atoms with van der Waals surface area (Å²) in [6, 6.07) is 12.5. The van der Waals surface area contributed by atoms with Crippen LogP contribution < -0.4 is 14.8 Å². The summed E-state index contributed by atoms with van der Waals surface area (Å²) in [7, 11) is 1.51. The van der Waals surface area contributed by atoms with Crippen LogP contribution in [0.3, 0.4) is 0 Å². The summed E-state index contributed by atoms with van der Waals surface area (Å²) in [4.78, 5) is 12.4. The van der Waals surface area contributed by atoms with E-state index in [0.29, 0.717) is 34.4 Å². The van der Waals surface area contributed by atoms with E-state index >= 15 is 0 Å². The number of nitrogens with zero attached hydrogens (tertiary/aromatic N) is 1. The molecule has 0 fully saturated rings. The zero-order valence-electron chi connectivity index (χ0n) is 14.8. The van der Waals surface area contributed by atoms with Gasteiger partial charge in [-0.3, -0.25) is 4.79 Å². The molecule has 0 aliphatic heterocycles. The van der Waals surface area contributed by atoms with E-state index in [0.717, 1.165) is 5.56 Å². The van der Waals surface area contributed by atoms with Gasteiger partial charge in [0.1, 0.15) is 11.6 Å². The first-order chi connectivity index (χ1) is 12.5. The van der Waals surface area contributed by atoms with Crippen molar-refractivity contribution < 1.29 is 14.3 Å². The Labute approximate surface area is 157 Å². The predicted octanol–water partition coefficient (Wildman–Crippen LogP) is 4.60. The minimum absolute atomic E-state index is 0.0698. The van der Waals surface area contributed by atoms with Gasteiger partial charge in [0.2, 0.25) is 0 Å². The van der Waals surface area contributed by atoms with Crippen molar-refractivity contribution in [2.24, 2.45) is 0 Å². The molecule has 1 N–H and O–H groups in total. The van der Waals surface area contributed by atoms with Crippen LogP contribution in [-0.4, -0.2) is 19.6 Å². The maximum atomic E-state index is 12.4. The number of methoxy groups -OCH3 is 1. The Hall–Kier alpha value is -2.97. The van der Waals surface area contributed by atoms with E-state index in [1.807, 2.05) is 38.1 Å². The standard InChI is InChI=1S/C20H19ClN2O3/c1-4-26-19-11-17(21)14(10-18(19)25-3)9-15(12-22)20(24)23-16-7-5-6-13(2)8-16/h5-11H,4H2,1-3H3,(H,23,24)/b15-9+. The molecule has 2 aromatic rings. The van der Waals surface area contributed by atoms with Crippen LogP contribution in [0.5, 0.6) is 11.5 Å². The Balaban J connectivity index is 2.33. The highest BCUT2D eigenvalue weighted by molar-refractivity contribution is 6.32. The summed E-state index contributed by atoms with van der Waals surface area (Å²) >= 11 is 6.26. The van der Waals surface area contributed by atoms with E-state index in [9.17, 15) is 10.1 Å². The van der Waals surface area contributed by atoms with Gasteiger partial charge in [-0.05, 0) is 49.2 Å². The highest BCUT2D eigenvalue weighted by Gasteiger charge is 2.14. The van der Waals surface area contributed by atoms with Crippen LogP contribution in [0.2, 0.25) is 5.02 Å². The lowest BCUT2D eigenvalue weighted by molar-refractivity contribution is -0.112. The van der Waals surface area contributed by atoms with Gasteiger partial charge in [-0.25, -0.2) is 0 Å². The minimum Gasteiger partial charge on any atom is -0.493 e. The lowest BCUT2D eigenvalue weighted by Crippen LogP contribution is -2.13. The van der Waals surface area contributed by atoms with Gasteiger partial charge < -0.3 is 14.8 Å². The molecular weight excluding hydrogens is 352 g/mol. The number of halogens is 1. The quantitative estimate of drug-likeness (QED) is 0.595. The minimum atomic E-state index is -0.512. The fourth-order valence-electron chi connectivity index (χ4n) is 2.31. The van der Waals surface area contributed by atoms with E-state index in [1.54, 1.807) is 18.2 Å². The summed E-state index contributed by atoms with van der Waals surface area (Å²) in [5, 5.41) is 12.4. The number of nitrogens with one attached hydrogen (secondary N) is 1. The van der Waals surface area contributed by atoms with Gasteiger partial charge >= 0.3 is 0 Å². The summed E-state index contributed by atoms with van der Waals surface area (Å²) in [6.07, 6.45) is 1.42. The second-order valence-electron chi connectivity index (χ2n) is 5.45. The van der Waals surface area contributed by atoms with Crippen molar-refractivity contribution in [2.75, 3.05) is 19.0 Å². The molecule has 5 nitrogen and oxygen atoms in total. The third-order valence-corrected chi connectivity index (χ3v) is 3.85. The lowest BCUT2D eigenvalue weighted by atomic mass is 10.1. The Morgan fingerprint density at radius 1 is 1.31 bits per heavy atom. The summed E-state index contributed by atoms with van der Waals surface area (Å²) in [5.74, 6) is 0.459. The third kappa shape index (κ3) is 4.78. The molecule has 0 radical (unpaired) electrons. The number of hydrogen-bond donors (Lipinski definition) is 1. The SMILES string of the molecule is CCOc1cc(Cl)c(/C=C(\C#N)C(=O)Nc2cccc(C)c2)cc1OC. The molecular formula is C20H19ClN2O3. The summed E-state index contributed by atoms with van der Waals surface area (Å²) in [5.41, 5.74) is 2.04. The smallest absolute Gasteiger partial charge is 0.266 e. The number of nitriles is 1. The van der Waals surface area contributed by atoms with Gasteiger partial charge in [-0.2, -0.15) is 5.26 Å². The lowest BCUT2D eigenvalue weighted by Gasteiger charge is -2.11. The number of ether oxygens (including phenoxy) is 2. The number of anilines is 1. The highest BCUT2D eigenvalue weighted by Crippen LogP contribution is 2.34. The zero-order chi connectivity index (χ0) is 19.1. The van der Waals surface area contributed by atoms with Gasteiger partial charge in [0.25, 0.3) is 5.91 Å². The Morgan fingerprint density at radius 2 is 2.08 bits per heavy atom. The van der Waals surface area contributed by atoms with Crippen LogP contribution in [0, 0.1) is 18.3 Å². The first-order valence-corrected chi connectivity index (χ1v) is 8.36. The maximum Gasteiger partial charge on any atom is 0.266 e. The van der Waals surface area contributed by atoms with Crippen LogP contribution in [0.15, 0.2) is 42.0 Å². The topological polar surface area (TPSA) is 71.3 Å². The second-order valence-corrected chi connectivity index (χ2v) is 5.86. The summed E-state index contributed by atoms with van der Waals surface area (Å²) in [6.45, 7) is 4.23. The second kappa shape index (κ2) is 8.93. The molecule has 0 atom stereocenters. The van der Waals surface area contributed by atoms with Crippen molar-refractivity contribution >= 4 is 29.3 Å². The first-order valence-electron chi connectivity index (χ1n) is 7.98. The van der Waals surface area contributed by atoms with Crippen molar-refractivity contribution in [3.63, 3.8) is 0 Å². The van der Waals surface area contributed by atoms with E-state index < -0.39 is 5.91 Å². The zero-order valence-corrected chi connectivity index (χ0v) is 15.6. The highest BCUT2D eigenvalue weighted by atomic mass is 35.5. The number of benzene rings is 2. The fraction of sp³-hybridized carbons (Fsp3) is 0.200. The molecule has 0 saturated carbocycles. The van der Waals surface area contributed by atoms with Gasteiger partial charge in [0, 0.05) is 11.8 Å². The van der Waals surface area contributed by atoms with E-state index in [2.05, 4.69) is 5.32 Å². The average Bonchev–Trinajstić information content (AvgIpc) is 2.61. The Bertz CT molecular complexity index is 885. The molecule has 26 heavy (non-hydrogen) atoms. The van der Waals surface area contributed by atoms with E-state index in [-0.39, 0.29) is 5.57 Å². The molecule has 2 aromatic carbocycles. The number of hydrogen-bond acceptors (Lipinski definition) is 4. The third-order valence-electron chi connectivity index (χ3n) is 3.52. The molecule has 2 rings (SSSR count). The molecule has 0 saturated heterocycles. The number of carbonyl (C=O) groups is 1. The van der Waals surface area contributed by atoms with Crippen LogP contribution in [0.4, 0.5) is 5.69 Å². The van der Waals surface area contributed by atoms with Crippen molar-refractivity contribution in [1.82, 2.24) is 0 Å². The molecule has 1 amide bonds. The molecule has 0 unspecified atom stereocenters. The fourth-order valence-corrected chi connectivity index (χ4v) is 2.52. The molecule has 0 heterocycles. The van der Waals surface area contributed by atoms with Crippen molar-refractivity contribution in [3.8, 4) is 17.6 Å². The molecule has 0 aromatic heterocycles. The van der Waals surface area contributed by atoms with E-state index in [1.165, 1.54) is 13.2 Å². The molecule has 0 spiro atoms. The number of carbonyl (C=O) groups excluding carboxylic acids is 1. The largest absolute Gasteiger partial charge is 0.493 e. The van der Waals surface area contributed by atoms with Crippen LogP contribution in [-0.2, 0) is 4.79 Å². The number of rotatable bonds is 6. The normalized spacial score (nSPS) is 10.8. The monoisotopic (exact) mass is 370 g/mol. The van der Waals surface area contributed by atoms with Gasteiger partial charge in [-0.1, -0.05) is 23.7 Å². The molecule has 0 aliphatic rings. The number of amides is 1. The van der Waals surface area contributed by atoms with Crippen molar-refractivity contribution in [2.45, 2.75) is 13.8 Å². The molecule has 134 valence electrons. The van der Waals surface area contributed by atoms with Gasteiger partial charge in [0.05, 0.1) is 18.7 Å². The first kappa shape index (κ1) is 19.4. The van der Waals surface area contributed by atoms with Crippen LogP contribution in [0.25, 0.3) is 6.08 Å². The molecule has 0 aliphatic carbocycles. The summed E-state index contributed by atoms with van der Waals surface area (Å²) < 4.78 is 10.7. The van der Waals surface area contributed by atoms with Gasteiger partial charge in [-0.15, -0.1) is 0 Å². The van der Waals surface area contributed by atoms with Crippen molar-refractivity contribution in [1.29, 1.82) is 5.26 Å². The van der Waals surface area contributed by atoms with E-state index in [4.69, 9.17) is 21.1 Å². The van der Waals surface area contributed by atoms with Crippen molar-refractivity contribution in [3.05, 3.63) is 58.1 Å². The van der Waals surface area contributed by atoms with Gasteiger partial charge in [0.15, 0.2) is 11.5 Å². The van der Waals surface area contributed by atoms with Crippen LogP contribution in [0.1, 0.15) is 18.1 Å². The maximum absolute atomic E-state index is 12.4. The molecule has 6 heteroatoms. The Morgan fingerprint density at radius 3 is 2.69 bits per heavy atom. The number of aryl methyl sites for hydroxylation is 1. The average molecular weight is 371 g/mol. The molecule has 0 bridgehead atoms.